The lowest BCUT2D eigenvalue weighted by Gasteiger charge is -2.15. The van der Waals surface area contributed by atoms with Gasteiger partial charge in [0.25, 0.3) is 0 Å². The van der Waals surface area contributed by atoms with Crippen molar-refractivity contribution < 1.29 is 14.7 Å². The van der Waals surface area contributed by atoms with Crippen molar-refractivity contribution in [2.75, 3.05) is 26.7 Å². The minimum absolute atomic E-state index is 0.0450. The summed E-state index contributed by atoms with van der Waals surface area (Å²) in [5, 5.41) is 8.54. The Bertz CT molecular complexity index is 262. The van der Waals surface area contributed by atoms with Crippen LogP contribution in [-0.2, 0) is 4.79 Å². The van der Waals surface area contributed by atoms with Crippen LogP contribution in [0.3, 0.4) is 0 Å². The molecule has 1 heterocycles. The van der Waals surface area contributed by atoms with Crippen LogP contribution in [0.15, 0.2) is 12.2 Å². The summed E-state index contributed by atoms with van der Waals surface area (Å²) in [6.07, 6.45) is 0. The maximum Gasteiger partial charge on any atom is 0.332 e. The summed E-state index contributed by atoms with van der Waals surface area (Å²) in [7, 11) is 1.69. The number of likely N-dealkylation sites (N-methyl/N-ethyl adjacent to an activating group) is 1. The smallest absolute Gasteiger partial charge is 0.332 e. The van der Waals surface area contributed by atoms with E-state index in [0.717, 1.165) is 0 Å². The number of carboxylic acids is 1. The molecule has 0 unspecified atom stereocenters. The van der Waals surface area contributed by atoms with E-state index in [1.54, 1.807) is 11.9 Å². The van der Waals surface area contributed by atoms with Crippen LogP contribution in [0.5, 0.6) is 0 Å². The number of hydrogen-bond acceptors (Lipinski definition) is 2. The van der Waals surface area contributed by atoms with Crippen LogP contribution in [0.25, 0.3) is 0 Å². The Morgan fingerprint density at radius 1 is 1.62 bits per heavy atom. The van der Waals surface area contributed by atoms with Gasteiger partial charge in [0.15, 0.2) is 0 Å². The molecule has 5 nitrogen and oxygen atoms in total. The van der Waals surface area contributed by atoms with Gasteiger partial charge < -0.3 is 14.9 Å². The molecule has 0 aromatic heterocycles. The highest BCUT2D eigenvalue weighted by Crippen LogP contribution is 2.07. The SMILES string of the molecule is C=C(CN1CCN(C)C1=O)C(=O)O. The molecule has 0 aromatic rings. The van der Waals surface area contributed by atoms with Gasteiger partial charge in [-0.05, 0) is 0 Å². The maximum atomic E-state index is 11.3. The number of nitrogens with zero attached hydrogens (tertiary/aromatic N) is 2. The molecule has 0 bridgehead atoms. The molecule has 0 aliphatic carbocycles. The monoisotopic (exact) mass is 184 g/mol. The number of carbonyl (C=O) groups is 2. The lowest BCUT2D eigenvalue weighted by Crippen LogP contribution is -2.32. The summed E-state index contributed by atoms with van der Waals surface area (Å²) >= 11 is 0. The minimum Gasteiger partial charge on any atom is -0.478 e. The van der Waals surface area contributed by atoms with Gasteiger partial charge in [-0.2, -0.15) is 0 Å². The minimum atomic E-state index is -1.05. The van der Waals surface area contributed by atoms with Crippen LogP contribution in [0.1, 0.15) is 0 Å². The lowest BCUT2D eigenvalue weighted by atomic mass is 10.3. The number of amides is 2. The molecule has 13 heavy (non-hydrogen) atoms. The second-order valence-corrected chi connectivity index (χ2v) is 3.03. The Morgan fingerprint density at radius 2 is 2.23 bits per heavy atom. The van der Waals surface area contributed by atoms with E-state index in [4.69, 9.17) is 5.11 Å². The van der Waals surface area contributed by atoms with E-state index in [1.165, 1.54) is 4.90 Å². The molecule has 0 radical (unpaired) electrons. The highest BCUT2D eigenvalue weighted by molar-refractivity contribution is 5.87. The van der Waals surface area contributed by atoms with Crippen molar-refractivity contribution in [2.24, 2.45) is 0 Å². The van der Waals surface area contributed by atoms with Crippen molar-refractivity contribution in [1.82, 2.24) is 9.80 Å². The molecular formula is C8H12N2O3. The van der Waals surface area contributed by atoms with Crippen molar-refractivity contribution in [3.63, 3.8) is 0 Å². The van der Waals surface area contributed by atoms with Gasteiger partial charge in [0.1, 0.15) is 0 Å². The quantitative estimate of drug-likeness (QED) is 0.628. The van der Waals surface area contributed by atoms with E-state index in [-0.39, 0.29) is 18.1 Å². The molecule has 72 valence electrons. The fourth-order valence-corrected chi connectivity index (χ4v) is 1.15. The standard InChI is InChI=1S/C8H12N2O3/c1-6(7(11)12)5-10-4-3-9(2)8(10)13/h1,3-5H2,2H3,(H,11,12). The number of hydrogen-bond donors (Lipinski definition) is 1. The molecule has 2 amide bonds. The average Bonchev–Trinajstić information content (AvgIpc) is 2.36. The van der Waals surface area contributed by atoms with Gasteiger partial charge in [-0.3, -0.25) is 0 Å². The first-order valence-electron chi connectivity index (χ1n) is 3.93. The van der Waals surface area contributed by atoms with Crippen molar-refractivity contribution in [3.05, 3.63) is 12.2 Å². The Hall–Kier alpha value is -1.52. The van der Waals surface area contributed by atoms with Crippen molar-refractivity contribution >= 4 is 12.0 Å². The topological polar surface area (TPSA) is 60.9 Å². The third-order valence-corrected chi connectivity index (χ3v) is 1.99. The van der Waals surface area contributed by atoms with E-state index >= 15 is 0 Å². The zero-order chi connectivity index (χ0) is 10.0. The number of carbonyl (C=O) groups excluding carboxylic acids is 1. The van der Waals surface area contributed by atoms with E-state index in [1.807, 2.05) is 0 Å². The number of rotatable bonds is 3. The average molecular weight is 184 g/mol. The van der Waals surface area contributed by atoms with E-state index < -0.39 is 5.97 Å². The van der Waals surface area contributed by atoms with Crippen LogP contribution in [0.2, 0.25) is 0 Å². The summed E-state index contributed by atoms with van der Waals surface area (Å²) in [6, 6.07) is -0.137. The van der Waals surface area contributed by atoms with Gasteiger partial charge in [-0.15, -0.1) is 0 Å². The Balaban J connectivity index is 2.52. The molecule has 0 aromatic carbocycles. The molecule has 0 saturated carbocycles. The number of aliphatic carboxylic acids is 1. The van der Waals surface area contributed by atoms with E-state index in [2.05, 4.69) is 6.58 Å². The summed E-state index contributed by atoms with van der Waals surface area (Å²) in [5.74, 6) is -1.05. The molecule has 1 saturated heterocycles. The Kier molecular flexibility index (Phi) is 2.55. The molecule has 1 rings (SSSR count). The first-order chi connectivity index (χ1) is 6.02. The highest BCUT2D eigenvalue weighted by Gasteiger charge is 2.26. The summed E-state index contributed by atoms with van der Waals surface area (Å²) < 4.78 is 0. The van der Waals surface area contributed by atoms with Crippen LogP contribution in [-0.4, -0.2) is 53.6 Å². The van der Waals surface area contributed by atoms with Crippen molar-refractivity contribution in [1.29, 1.82) is 0 Å². The fraction of sp³-hybridized carbons (Fsp3) is 0.500. The maximum absolute atomic E-state index is 11.3. The van der Waals surface area contributed by atoms with Gasteiger partial charge in [0.05, 0.1) is 6.54 Å². The molecular weight excluding hydrogens is 172 g/mol. The first kappa shape index (κ1) is 9.57. The van der Waals surface area contributed by atoms with Crippen LogP contribution in [0, 0.1) is 0 Å². The Labute approximate surface area is 76.2 Å². The van der Waals surface area contributed by atoms with Gasteiger partial charge in [0, 0.05) is 25.7 Å². The molecule has 1 aliphatic rings. The largest absolute Gasteiger partial charge is 0.478 e. The van der Waals surface area contributed by atoms with Gasteiger partial charge in [-0.25, -0.2) is 9.59 Å². The highest BCUT2D eigenvalue weighted by atomic mass is 16.4. The third-order valence-electron chi connectivity index (χ3n) is 1.99. The summed E-state index contributed by atoms with van der Waals surface area (Å²) in [5.41, 5.74) is 0.0450. The van der Waals surface area contributed by atoms with E-state index in [9.17, 15) is 9.59 Å². The summed E-state index contributed by atoms with van der Waals surface area (Å²) in [4.78, 5) is 24.7. The Morgan fingerprint density at radius 3 is 2.62 bits per heavy atom. The zero-order valence-corrected chi connectivity index (χ0v) is 7.49. The first-order valence-corrected chi connectivity index (χ1v) is 3.93. The molecule has 5 heteroatoms. The molecule has 1 fully saturated rings. The summed E-state index contributed by atoms with van der Waals surface area (Å²) in [6.45, 7) is 4.69. The molecule has 1 aliphatic heterocycles. The predicted octanol–water partition coefficient (Wildman–Crippen LogP) is -0.00540. The number of carboxylic acid groups (broad SMARTS) is 1. The van der Waals surface area contributed by atoms with Crippen LogP contribution < -0.4 is 0 Å². The van der Waals surface area contributed by atoms with Crippen LogP contribution >= 0.6 is 0 Å². The van der Waals surface area contributed by atoms with Gasteiger partial charge in [0.2, 0.25) is 0 Å². The number of urea groups is 1. The second-order valence-electron chi connectivity index (χ2n) is 3.03. The van der Waals surface area contributed by atoms with Crippen LogP contribution in [0.4, 0.5) is 4.79 Å². The van der Waals surface area contributed by atoms with Crippen molar-refractivity contribution in [2.45, 2.75) is 0 Å². The lowest BCUT2D eigenvalue weighted by molar-refractivity contribution is -0.132. The van der Waals surface area contributed by atoms with Gasteiger partial charge in [-0.1, -0.05) is 6.58 Å². The van der Waals surface area contributed by atoms with Crippen molar-refractivity contribution in [3.8, 4) is 0 Å². The zero-order valence-electron chi connectivity index (χ0n) is 7.49. The molecule has 0 atom stereocenters. The molecule has 1 N–H and O–H groups in total. The normalized spacial score (nSPS) is 16.5. The molecule has 0 spiro atoms. The fourth-order valence-electron chi connectivity index (χ4n) is 1.15. The van der Waals surface area contributed by atoms with E-state index in [0.29, 0.717) is 13.1 Å². The van der Waals surface area contributed by atoms with Gasteiger partial charge >= 0.3 is 12.0 Å². The second kappa shape index (κ2) is 3.47. The third kappa shape index (κ3) is 1.99. The predicted molar refractivity (Wildman–Crippen MR) is 46.4 cm³/mol.